The van der Waals surface area contributed by atoms with Gasteiger partial charge in [-0.1, -0.05) is 0 Å². The molecule has 0 bridgehead atoms. The lowest BCUT2D eigenvalue weighted by Gasteiger charge is -2.25. The molecule has 3 amide bonds. The van der Waals surface area contributed by atoms with Crippen molar-refractivity contribution in [2.75, 3.05) is 37.1 Å². The van der Waals surface area contributed by atoms with Crippen molar-refractivity contribution in [3.8, 4) is 11.5 Å². The lowest BCUT2D eigenvalue weighted by molar-refractivity contribution is -0.143. The molecule has 0 spiro atoms. The number of ether oxygens (including phenoxy) is 2. The van der Waals surface area contributed by atoms with Gasteiger partial charge in [-0.2, -0.15) is 0 Å². The van der Waals surface area contributed by atoms with Crippen LogP contribution >= 0.6 is 11.3 Å². The Hall–Kier alpha value is -4.12. The molecule has 4 rings (SSSR count). The Labute approximate surface area is 199 Å². The average Bonchev–Trinajstić information content (AvgIpc) is 3.29. The number of rotatable bonds is 5. The van der Waals surface area contributed by atoms with Gasteiger partial charge >= 0.3 is 11.8 Å². The van der Waals surface area contributed by atoms with Gasteiger partial charge in [-0.3, -0.25) is 14.4 Å². The Kier molecular flexibility index (Phi) is 6.64. The smallest absolute Gasteiger partial charge is 0.313 e. The maximum atomic E-state index is 12.7. The first kappa shape index (κ1) is 23.1. The molecule has 0 saturated heterocycles. The molecular weight excluding hydrogens is 458 g/mol. The molecule has 1 aromatic heterocycles. The van der Waals surface area contributed by atoms with Gasteiger partial charge in [0.2, 0.25) is 0 Å². The highest BCUT2D eigenvalue weighted by atomic mass is 32.1. The minimum Gasteiger partial charge on any atom is -0.497 e. The van der Waals surface area contributed by atoms with Crippen LogP contribution in [-0.4, -0.2) is 48.4 Å². The molecule has 4 N–H and O–H groups in total. The van der Waals surface area contributed by atoms with E-state index in [2.05, 4.69) is 15.6 Å². The quantitative estimate of drug-likeness (QED) is 0.376. The van der Waals surface area contributed by atoms with Gasteiger partial charge in [0.05, 0.1) is 37.8 Å². The van der Waals surface area contributed by atoms with E-state index >= 15 is 0 Å². The van der Waals surface area contributed by atoms with Gasteiger partial charge < -0.3 is 30.7 Å². The summed E-state index contributed by atoms with van der Waals surface area (Å²) in [6.45, 7) is 0.534. The largest absolute Gasteiger partial charge is 0.497 e. The van der Waals surface area contributed by atoms with E-state index in [0.717, 1.165) is 10.6 Å². The zero-order valence-electron chi connectivity index (χ0n) is 18.6. The number of methoxy groups -OCH3 is 2. The lowest BCUT2D eigenvalue weighted by Crippen LogP contribution is -2.42. The van der Waals surface area contributed by atoms with Crippen LogP contribution in [0.4, 0.5) is 17.1 Å². The third-order valence-corrected chi connectivity index (χ3v) is 6.34. The van der Waals surface area contributed by atoms with Gasteiger partial charge in [-0.25, -0.2) is 4.98 Å². The monoisotopic (exact) mass is 481 g/mol. The molecule has 0 fully saturated rings. The number of amides is 3. The van der Waals surface area contributed by atoms with Gasteiger partial charge in [-0.15, -0.1) is 11.3 Å². The van der Waals surface area contributed by atoms with Crippen molar-refractivity contribution in [3.05, 3.63) is 58.0 Å². The van der Waals surface area contributed by atoms with Crippen LogP contribution in [0.25, 0.3) is 0 Å². The molecule has 3 aromatic rings. The number of benzene rings is 2. The number of hydrogen-bond donors (Lipinski definition) is 3. The fraction of sp³-hybridized carbons (Fsp3) is 0.217. The number of carbonyl (C=O) groups excluding carboxylic acids is 3. The third kappa shape index (κ3) is 4.94. The molecule has 2 heterocycles. The normalized spacial score (nSPS) is 12.5. The molecule has 34 heavy (non-hydrogen) atoms. The number of fused-ring (bicyclic) bond motifs is 1. The average molecular weight is 482 g/mol. The number of aromatic nitrogens is 1. The van der Waals surface area contributed by atoms with Crippen molar-refractivity contribution in [3.63, 3.8) is 0 Å². The van der Waals surface area contributed by atoms with E-state index in [1.807, 2.05) is 0 Å². The Balaban J connectivity index is 1.41. The third-order valence-electron chi connectivity index (χ3n) is 5.26. The molecule has 1 aliphatic heterocycles. The number of nitrogens with two attached hydrogens (primary N) is 1. The van der Waals surface area contributed by atoms with Crippen LogP contribution in [-0.2, 0) is 22.6 Å². The fourth-order valence-electron chi connectivity index (χ4n) is 3.41. The van der Waals surface area contributed by atoms with Crippen LogP contribution in [0, 0.1) is 0 Å². The number of carbonyl (C=O) groups is 3. The van der Waals surface area contributed by atoms with Gasteiger partial charge in [0, 0.05) is 29.6 Å². The van der Waals surface area contributed by atoms with Crippen LogP contribution < -0.4 is 25.8 Å². The molecule has 0 aliphatic carbocycles. The summed E-state index contributed by atoms with van der Waals surface area (Å²) in [5, 5.41) is 5.60. The molecule has 0 radical (unpaired) electrons. The van der Waals surface area contributed by atoms with E-state index in [1.165, 1.54) is 23.3 Å². The first-order chi connectivity index (χ1) is 16.4. The van der Waals surface area contributed by atoms with Crippen LogP contribution in [0.2, 0.25) is 0 Å². The summed E-state index contributed by atoms with van der Waals surface area (Å²) in [7, 11) is 3.07. The van der Waals surface area contributed by atoms with E-state index in [-0.39, 0.29) is 11.6 Å². The highest BCUT2D eigenvalue weighted by Crippen LogP contribution is 2.28. The molecule has 11 heteroatoms. The highest BCUT2D eigenvalue weighted by molar-refractivity contribution is 7.13. The van der Waals surface area contributed by atoms with Gasteiger partial charge in [0.15, 0.2) is 5.01 Å². The highest BCUT2D eigenvalue weighted by Gasteiger charge is 2.29. The predicted molar refractivity (Wildman–Crippen MR) is 128 cm³/mol. The number of nitrogens with one attached hydrogen (secondary N) is 2. The standard InChI is InChI=1S/C23H23N5O5S/c1-32-14-5-3-13(4-6-14)25-21(30)23(31)28-10-9-17-19(12-28)34-22(27-17)20(29)26-18-11-15(33-2)7-8-16(18)24/h3-8,11H,9-10,12,24H2,1-2H3,(H,25,30)(H,26,29). The zero-order chi connectivity index (χ0) is 24.2. The maximum Gasteiger partial charge on any atom is 0.313 e. The Morgan fingerprint density at radius 2 is 1.74 bits per heavy atom. The van der Waals surface area contributed by atoms with Gasteiger partial charge in [0.25, 0.3) is 5.91 Å². The second-order valence-electron chi connectivity index (χ2n) is 7.46. The Morgan fingerprint density at radius 1 is 1.03 bits per heavy atom. The molecular formula is C23H23N5O5S. The van der Waals surface area contributed by atoms with Crippen molar-refractivity contribution in [2.45, 2.75) is 13.0 Å². The molecule has 2 aromatic carbocycles. The number of nitrogens with zero attached hydrogens (tertiary/aromatic N) is 2. The minimum absolute atomic E-state index is 0.205. The van der Waals surface area contributed by atoms with Crippen molar-refractivity contribution in [1.29, 1.82) is 0 Å². The number of nitrogen functional groups attached to an aromatic ring is 1. The molecule has 1 aliphatic rings. The van der Waals surface area contributed by atoms with Crippen molar-refractivity contribution < 1.29 is 23.9 Å². The maximum absolute atomic E-state index is 12.7. The number of thiazole rings is 1. The molecule has 0 unspecified atom stereocenters. The predicted octanol–water partition coefficient (Wildman–Crippen LogP) is 2.52. The summed E-state index contributed by atoms with van der Waals surface area (Å²) in [5.74, 6) is -0.582. The van der Waals surface area contributed by atoms with Crippen molar-refractivity contribution in [2.24, 2.45) is 0 Å². The van der Waals surface area contributed by atoms with Gasteiger partial charge in [0.1, 0.15) is 11.5 Å². The Bertz CT molecular complexity index is 1240. The number of hydrogen-bond acceptors (Lipinski definition) is 8. The lowest BCUT2D eigenvalue weighted by atomic mass is 10.2. The van der Waals surface area contributed by atoms with E-state index in [1.54, 1.807) is 49.6 Å². The van der Waals surface area contributed by atoms with Crippen molar-refractivity contribution >= 4 is 46.1 Å². The Morgan fingerprint density at radius 3 is 2.44 bits per heavy atom. The summed E-state index contributed by atoms with van der Waals surface area (Å²) in [6, 6.07) is 11.7. The van der Waals surface area contributed by atoms with Gasteiger partial charge in [-0.05, 0) is 36.4 Å². The van der Waals surface area contributed by atoms with Crippen LogP contribution in [0.15, 0.2) is 42.5 Å². The fourth-order valence-corrected chi connectivity index (χ4v) is 4.43. The summed E-state index contributed by atoms with van der Waals surface area (Å²) in [5.41, 5.74) is 8.00. The van der Waals surface area contributed by atoms with E-state index < -0.39 is 17.7 Å². The second kappa shape index (κ2) is 9.79. The summed E-state index contributed by atoms with van der Waals surface area (Å²) >= 11 is 1.18. The zero-order valence-corrected chi connectivity index (χ0v) is 19.4. The molecule has 176 valence electrons. The van der Waals surface area contributed by atoms with E-state index in [9.17, 15) is 14.4 Å². The van der Waals surface area contributed by atoms with E-state index in [0.29, 0.717) is 41.5 Å². The molecule has 0 saturated carbocycles. The number of anilines is 3. The second-order valence-corrected chi connectivity index (χ2v) is 8.54. The molecule has 0 atom stereocenters. The van der Waals surface area contributed by atoms with E-state index in [4.69, 9.17) is 15.2 Å². The molecule has 10 nitrogen and oxygen atoms in total. The van der Waals surface area contributed by atoms with Crippen LogP contribution in [0.5, 0.6) is 11.5 Å². The van der Waals surface area contributed by atoms with Crippen LogP contribution in [0.1, 0.15) is 20.4 Å². The topological polar surface area (TPSA) is 136 Å². The summed E-state index contributed by atoms with van der Waals surface area (Å²) < 4.78 is 10.3. The van der Waals surface area contributed by atoms with Crippen molar-refractivity contribution in [1.82, 2.24) is 9.88 Å². The first-order valence-electron chi connectivity index (χ1n) is 10.4. The minimum atomic E-state index is -0.732. The summed E-state index contributed by atoms with van der Waals surface area (Å²) in [4.78, 5) is 44.5. The SMILES string of the molecule is COc1ccc(NC(=O)C(=O)N2CCc3nc(C(=O)Nc4cc(OC)ccc4N)sc3C2)cc1. The first-order valence-corrected chi connectivity index (χ1v) is 11.2. The van der Waals surface area contributed by atoms with Crippen LogP contribution in [0.3, 0.4) is 0 Å². The summed E-state index contributed by atoms with van der Waals surface area (Å²) in [6.07, 6.45) is 0.446.